The van der Waals surface area contributed by atoms with Gasteiger partial charge in [-0.3, -0.25) is 0 Å². The van der Waals surface area contributed by atoms with Crippen molar-refractivity contribution in [3.63, 3.8) is 0 Å². The predicted octanol–water partition coefficient (Wildman–Crippen LogP) is -0.200. The molecule has 2 amide bonds. The monoisotopic (exact) mass is 370 g/mol. The summed E-state index contributed by atoms with van der Waals surface area (Å²) in [6, 6.07) is 17.9. The number of benzene rings is 2. The van der Waals surface area contributed by atoms with Crippen LogP contribution in [-0.4, -0.2) is 52.4 Å². The summed E-state index contributed by atoms with van der Waals surface area (Å²) in [5.41, 5.74) is 2.09. The number of rotatable bonds is 7. The molecule has 1 heterocycles. The van der Waals surface area contributed by atoms with E-state index in [1.165, 1.54) is 18.7 Å². The molecule has 4 N–H and O–H groups in total. The number of para-hydroxylation sites is 2. The Morgan fingerprint density at radius 1 is 0.963 bits per heavy atom. The maximum absolute atomic E-state index is 12.1. The minimum absolute atomic E-state index is 0.188. The first-order valence-corrected chi connectivity index (χ1v) is 9.63. The van der Waals surface area contributed by atoms with Crippen LogP contribution in [0.2, 0.25) is 0 Å². The van der Waals surface area contributed by atoms with Crippen molar-refractivity contribution in [3.05, 3.63) is 60.2 Å². The molecule has 144 valence electrons. The second kappa shape index (κ2) is 9.94. The number of ether oxygens (including phenoxy) is 1. The highest BCUT2D eigenvalue weighted by Crippen LogP contribution is 2.22. The highest BCUT2D eigenvalue weighted by Gasteiger charge is 2.22. The number of urea groups is 1. The van der Waals surface area contributed by atoms with Gasteiger partial charge < -0.3 is 25.2 Å². The number of nitrogens with one attached hydrogen (secondary N) is 4. The number of hydrogen-bond acceptors (Lipinski definition) is 2. The lowest BCUT2D eigenvalue weighted by molar-refractivity contribution is -1.02. The standard InChI is InChI=1S/C21H28N4O2/c1-27-20-10-6-5-9-19(20)23-21(26)22-11-12-24-13-15-25(16-14-24)17-18-7-3-2-4-8-18/h2-10H,11-17H2,1H3,(H2,22,23,26)/p+2. The summed E-state index contributed by atoms with van der Waals surface area (Å²) in [5.74, 6) is 0.663. The first-order valence-electron chi connectivity index (χ1n) is 9.63. The average Bonchev–Trinajstić information content (AvgIpc) is 2.70. The van der Waals surface area contributed by atoms with E-state index in [1.54, 1.807) is 16.9 Å². The van der Waals surface area contributed by atoms with Crippen molar-refractivity contribution in [2.75, 3.05) is 51.7 Å². The molecule has 0 saturated carbocycles. The van der Waals surface area contributed by atoms with Gasteiger partial charge in [-0.1, -0.05) is 42.5 Å². The normalized spacial score (nSPS) is 19.3. The molecule has 1 aliphatic heterocycles. The zero-order valence-electron chi connectivity index (χ0n) is 16.0. The molecule has 27 heavy (non-hydrogen) atoms. The van der Waals surface area contributed by atoms with Crippen LogP contribution in [0.25, 0.3) is 0 Å². The van der Waals surface area contributed by atoms with E-state index in [4.69, 9.17) is 4.74 Å². The minimum atomic E-state index is -0.188. The third kappa shape index (κ3) is 5.98. The molecule has 3 rings (SSSR count). The van der Waals surface area contributed by atoms with Gasteiger partial charge >= 0.3 is 6.03 Å². The SMILES string of the molecule is COc1ccccc1NC(=O)NCC[NH+]1CC[NH+](Cc2ccccc2)CC1. The van der Waals surface area contributed by atoms with Gasteiger partial charge in [-0.15, -0.1) is 0 Å². The van der Waals surface area contributed by atoms with Gasteiger partial charge in [-0.05, 0) is 12.1 Å². The number of anilines is 1. The minimum Gasteiger partial charge on any atom is -0.495 e. The number of hydrogen-bond donors (Lipinski definition) is 4. The van der Waals surface area contributed by atoms with Crippen molar-refractivity contribution in [1.82, 2.24) is 5.32 Å². The summed E-state index contributed by atoms with van der Waals surface area (Å²) in [6.07, 6.45) is 0. The Labute approximate surface area is 161 Å². The van der Waals surface area contributed by atoms with E-state index in [9.17, 15) is 4.79 Å². The lowest BCUT2D eigenvalue weighted by atomic mass is 10.2. The lowest BCUT2D eigenvalue weighted by Gasteiger charge is -2.29. The van der Waals surface area contributed by atoms with Gasteiger partial charge in [0, 0.05) is 5.56 Å². The third-order valence-electron chi connectivity index (χ3n) is 5.08. The fourth-order valence-electron chi connectivity index (χ4n) is 3.54. The van der Waals surface area contributed by atoms with Crippen LogP contribution in [0.1, 0.15) is 5.56 Å². The summed E-state index contributed by atoms with van der Waals surface area (Å²) < 4.78 is 5.25. The van der Waals surface area contributed by atoms with Crippen LogP contribution in [0.4, 0.5) is 10.5 Å². The van der Waals surface area contributed by atoms with Gasteiger partial charge in [0.05, 0.1) is 25.9 Å². The van der Waals surface area contributed by atoms with E-state index in [0.29, 0.717) is 18.0 Å². The van der Waals surface area contributed by atoms with E-state index >= 15 is 0 Å². The summed E-state index contributed by atoms with van der Waals surface area (Å²) in [5, 5.41) is 5.79. The Morgan fingerprint density at radius 2 is 1.63 bits per heavy atom. The first kappa shape index (κ1) is 19.2. The van der Waals surface area contributed by atoms with E-state index in [-0.39, 0.29) is 6.03 Å². The zero-order valence-corrected chi connectivity index (χ0v) is 16.0. The van der Waals surface area contributed by atoms with Crippen LogP contribution < -0.4 is 25.2 Å². The van der Waals surface area contributed by atoms with Crippen LogP contribution in [0.3, 0.4) is 0 Å². The van der Waals surface area contributed by atoms with Gasteiger partial charge in [0.2, 0.25) is 0 Å². The molecule has 6 heteroatoms. The Hall–Kier alpha value is -2.57. The van der Waals surface area contributed by atoms with Crippen molar-refractivity contribution in [2.24, 2.45) is 0 Å². The summed E-state index contributed by atoms with van der Waals surface area (Å²) >= 11 is 0. The summed E-state index contributed by atoms with van der Waals surface area (Å²) in [4.78, 5) is 15.3. The number of piperazine rings is 1. The predicted molar refractivity (Wildman–Crippen MR) is 106 cm³/mol. The van der Waals surface area contributed by atoms with Gasteiger partial charge in [-0.2, -0.15) is 0 Å². The summed E-state index contributed by atoms with van der Waals surface area (Å²) in [6.45, 7) is 7.39. The number of amides is 2. The molecule has 0 spiro atoms. The van der Waals surface area contributed by atoms with Crippen LogP contribution in [0.15, 0.2) is 54.6 Å². The Morgan fingerprint density at radius 3 is 2.37 bits per heavy atom. The van der Waals surface area contributed by atoms with Gasteiger partial charge in [0.1, 0.15) is 38.5 Å². The Kier molecular flexibility index (Phi) is 7.07. The largest absolute Gasteiger partial charge is 0.495 e. The molecule has 1 aliphatic rings. The number of carbonyl (C=O) groups excluding carboxylic acids is 1. The van der Waals surface area contributed by atoms with Crippen LogP contribution in [-0.2, 0) is 6.54 Å². The molecule has 6 nitrogen and oxygen atoms in total. The molecule has 0 radical (unpaired) electrons. The second-order valence-electron chi connectivity index (χ2n) is 6.99. The molecular weight excluding hydrogens is 340 g/mol. The van der Waals surface area contributed by atoms with Crippen molar-refractivity contribution < 1.29 is 19.3 Å². The molecule has 0 bridgehead atoms. The molecule has 1 saturated heterocycles. The highest BCUT2D eigenvalue weighted by molar-refractivity contribution is 5.90. The first-order chi connectivity index (χ1) is 13.2. The highest BCUT2D eigenvalue weighted by atomic mass is 16.5. The molecule has 2 aromatic carbocycles. The second-order valence-corrected chi connectivity index (χ2v) is 6.99. The van der Waals surface area contributed by atoms with Crippen LogP contribution >= 0.6 is 0 Å². The smallest absolute Gasteiger partial charge is 0.319 e. The van der Waals surface area contributed by atoms with E-state index in [2.05, 4.69) is 41.0 Å². The maximum atomic E-state index is 12.1. The van der Waals surface area contributed by atoms with Gasteiger partial charge in [0.25, 0.3) is 0 Å². The Bertz CT molecular complexity index is 715. The molecule has 0 aromatic heterocycles. The number of carbonyl (C=O) groups is 1. The lowest BCUT2D eigenvalue weighted by Crippen LogP contribution is -3.27. The third-order valence-corrected chi connectivity index (χ3v) is 5.08. The number of methoxy groups -OCH3 is 1. The molecular formula is C21H30N4O2+2. The number of quaternary nitrogens is 2. The van der Waals surface area contributed by atoms with Gasteiger partial charge in [-0.25, -0.2) is 4.79 Å². The van der Waals surface area contributed by atoms with Crippen LogP contribution in [0.5, 0.6) is 5.75 Å². The topological polar surface area (TPSA) is 59.2 Å². The quantitative estimate of drug-likeness (QED) is 0.546. The Balaban J connectivity index is 1.33. The van der Waals surface area contributed by atoms with Crippen LogP contribution in [0, 0.1) is 0 Å². The van der Waals surface area contributed by atoms with E-state index in [0.717, 1.165) is 26.2 Å². The fraction of sp³-hybridized carbons (Fsp3) is 0.381. The molecule has 0 aliphatic carbocycles. The fourth-order valence-corrected chi connectivity index (χ4v) is 3.54. The molecule has 1 fully saturated rings. The van der Waals surface area contributed by atoms with Gasteiger partial charge in [0.15, 0.2) is 0 Å². The van der Waals surface area contributed by atoms with Crippen molar-refractivity contribution in [2.45, 2.75) is 6.54 Å². The van der Waals surface area contributed by atoms with Crippen molar-refractivity contribution in [1.29, 1.82) is 0 Å². The molecule has 0 unspecified atom stereocenters. The zero-order chi connectivity index (χ0) is 18.9. The van der Waals surface area contributed by atoms with E-state index in [1.807, 2.05) is 24.3 Å². The average molecular weight is 370 g/mol. The summed E-state index contributed by atoms with van der Waals surface area (Å²) in [7, 11) is 1.60. The maximum Gasteiger partial charge on any atom is 0.319 e. The molecule has 2 aromatic rings. The van der Waals surface area contributed by atoms with Crippen molar-refractivity contribution >= 4 is 11.7 Å². The van der Waals surface area contributed by atoms with E-state index < -0.39 is 0 Å². The molecule has 0 atom stereocenters. The van der Waals surface area contributed by atoms with Crippen molar-refractivity contribution in [3.8, 4) is 5.75 Å².